The number of nitrogens with two attached hydrogens (primary N) is 1. The number of benzene rings is 1. The average molecular weight is 269 g/mol. The number of nitrogen functional groups attached to an aromatic ring is 1. The van der Waals surface area contributed by atoms with Crippen LogP contribution in [-0.2, 0) is 0 Å². The van der Waals surface area contributed by atoms with Crippen LogP contribution >= 0.6 is 0 Å². The Kier molecular flexibility index (Phi) is 4.53. The van der Waals surface area contributed by atoms with Gasteiger partial charge in [-0.2, -0.15) is 0 Å². The SMILES string of the molecule is CC(CO)c1cc(C(=O)C2=CC=CC=CC2)ccc1N. The van der Waals surface area contributed by atoms with Crippen molar-refractivity contribution < 1.29 is 9.90 Å². The van der Waals surface area contributed by atoms with Gasteiger partial charge in [0.25, 0.3) is 0 Å². The minimum absolute atomic E-state index is 0.00703. The second-order valence-corrected chi connectivity index (χ2v) is 4.97. The highest BCUT2D eigenvalue weighted by molar-refractivity contribution is 6.09. The third-order valence-electron chi connectivity index (χ3n) is 3.44. The molecule has 0 amide bonds. The zero-order valence-electron chi connectivity index (χ0n) is 11.5. The number of hydrogen-bond donors (Lipinski definition) is 2. The standard InChI is InChI=1S/C17H19NO2/c1-12(11-19)15-10-14(8-9-16(15)18)17(20)13-6-4-2-3-5-7-13/h2-6,8-10,12,19H,7,11,18H2,1H3. The molecule has 0 saturated heterocycles. The second-order valence-electron chi connectivity index (χ2n) is 4.97. The summed E-state index contributed by atoms with van der Waals surface area (Å²) in [6, 6.07) is 5.26. The number of aliphatic hydroxyl groups is 1. The van der Waals surface area contributed by atoms with Gasteiger partial charge in [-0.05, 0) is 30.2 Å². The van der Waals surface area contributed by atoms with Gasteiger partial charge in [-0.1, -0.05) is 37.3 Å². The number of ketones is 1. The largest absolute Gasteiger partial charge is 0.398 e. The summed E-state index contributed by atoms with van der Waals surface area (Å²) in [6.07, 6.45) is 10.1. The van der Waals surface area contributed by atoms with E-state index >= 15 is 0 Å². The van der Waals surface area contributed by atoms with Crippen molar-refractivity contribution in [2.45, 2.75) is 19.3 Å². The van der Waals surface area contributed by atoms with Crippen LogP contribution in [0.15, 0.2) is 54.2 Å². The van der Waals surface area contributed by atoms with Gasteiger partial charge in [0, 0.05) is 29.3 Å². The molecule has 0 aliphatic heterocycles. The molecule has 3 heteroatoms. The van der Waals surface area contributed by atoms with E-state index in [1.54, 1.807) is 18.2 Å². The molecule has 1 aliphatic rings. The van der Waals surface area contributed by atoms with Gasteiger partial charge in [0.2, 0.25) is 0 Å². The monoisotopic (exact) mass is 269 g/mol. The Morgan fingerprint density at radius 2 is 2.15 bits per heavy atom. The molecule has 0 spiro atoms. The average Bonchev–Trinajstić information content (AvgIpc) is 2.75. The van der Waals surface area contributed by atoms with Gasteiger partial charge in [0.1, 0.15) is 0 Å². The molecule has 2 rings (SSSR count). The Morgan fingerprint density at radius 3 is 2.90 bits per heavy atom. The van der Waals surface area contributed by atoms with Crippen LogP contribution in [0.2, 0.25) is 0 Å². The maximum absolute atomic E-state index is 12.5. The Hall–Kier alpha value is -2.13. The number of aliphatic hydroxyl groups excluding tert-OH is 1. The highest BCUT2D eigenvalue weighted by Crippen LogP contribution is 2.25. The molecule has 0 bridgehead atoms. The third kappa shape index (κ3) is 3.06. The zero-order valence-corrected chi connectivity index (χ0v) is 11.5. The molecule has 1 aromatic rings. The normalized spacial score (nSPS) is 15.6. The minimum Gasteiger partial charge on any atom is -0.398 e. The molecule has 0 aromatic heterocycles. The summed E-state index contributed by atoms with van der Waals surface area (Å²) in [4.78, 5) is 12.5. The van der Waals surface area contributed by atoms with Crippen LogP contribution in [-0.4, -0.2) is 17.5 Å². The molecule has 1 aliphatic carbocycles. The fourth-order valence-corrected chi connectivity index (χ4v) is 2.17. The quantitative estimate of drug-likeness (QED) is 0.652. The maximum atomic E-state index is 12.5. The summed E-state index contributed by atoms with van der Waals surface area (Å²) in [6.45, 7) is 1.90. The van der Waals surface area contributed by atoms with E-state index in [4.69, 9.17) is 5.73 Å². The van der Waals surface area contributed by atoms with Gasteiger partial charge in [-0.3, -0.25) is 4.79 Å². The first-order valence-corrected chi connectivity index (χ1v) is 6.71. The lowest BCUT2D eigenvalue weighted by Crippen LogP contribution is -2.08. The van der Waals surface area contributed by atoms with Gasteiger partial charge >= 0.3 is 0 Å². The maximum Gasteiger partial charge on any atom is 0.189 e. The predicted octanol–water partition coefficient (Wildman–Crippen LogP) is 2.99. The number of carbonyl (C=O) groups is 1. The van der Waals surface area contributed by atoms with Gasteiger partial charge in [-0.15, -0.1) is 0 Å². The van der Waals surface area contributed by atoms with Crippen molar-refractivity contribution in [1.82, 2.24) is 0 Å². The summed E-state index contributed by atoms with van der Waals surface area (Å²) in [7, 11) is 0. The van der Waals surface area contributed by atoms with Crippen LogP contribution in [0.4, 0.5) is 5.69 Å². The molecule has 0 saturated carbocycles. The van der Waals surface area contributed by atoms with Crippen LogP contribution < -0.4 is 5.73 Å². The third-order valence-corrected chi connectivity index (χ3v) is 3.44. The summed E-state index contributed by atoms with van der Waals surface area (Å²) >= 11 is 0. The summed E-state index contributed by atoms with van der Waals surface area (Å²) in [5.74, 6) is -0.0711. The van der Waals surface area contributed by atoms with E-state index in [1.165, 1.54) is 0 Å². The van der Waals surface area contributed by atoms with Crippen LogP contribution in [0.25, 0.3) is 0 Å². The molecule has 1 unspecified atom stereocenters. The van der Waals surface area contributed by atoms with Gasteiger partial charge in [-0.25, -0.2) is 0 Å². The summed E-state index contributed by atoms with van der Waals surface area (Å²) in [5, 5.41) is 9.26. The summed E-state index contributed by atoms with van der Waals surface area (Å²) in [5.41, 5.74) is 8.70. The van der Waals surface area contributed by atoms with Gasteiger partial charge < -0.3 is 10.8 Å². The fraction of sp³-hybridized carbons (Fsp3) is 0.235. The fourth-order valence-electron chi connectivity index (χ4n) is 2.17. The van der Waals surface area contributed by atoms with E-state index in [2.05, 4.69) is 0 Å². The minimum atomic E-state index is -0.0781. The number of anilines is 1. The Bertz CT molecular complexity index is 597. The highest BCUT2D eigenvalue weighted by atomic mass is 16.3. The van der Waals surface area contributed by atoms with Crippen LogP contribution in [0.1, 0.15) is 35.2 Å². The molecule has 0 fully saturated rings. The van der Waals surface area contributed by atoms with E-state index < -0.39 is 0 Å². The number of carbonyl (C=O) groups excluding carboxylic acids is 1. The molecular weight excluding hydrogens is 250 g/mol. The Balaban J connectivity index is 2.33. The molecule has 1 atom stereocenters. The Morgan fingerprint density at radius 1 is 1.35 bits per heavy atom. The summed E-state index contributed by atoms with van der Waals surface area (Å²) < 4.78 is 0. The lowest BCUT2D eigenvalue weighted by Gasteiger charge is -2.13. The van der Waals surface area contributed by atoms with E-state index in [1.807, 2.05) is 37.3 Å². The van der Waals surface area contributed by atoms with Crippen LogP contribution in [0.3, 0.4) is 0 Å². The van der Waals surface area contributed by atoms with Crippen molar-refractivity contribution in [3.8, 4) is 0 Å². The first kappa shape index (κ1) is 14.3. The van der Waals surface area contributed by atoms with Crippen molar-refractivity contribution in [2.24, 2.45) is 0 Å². The number of hydrogen-bond acceptors (Lipinski definition) is 3. The van der Waals surface area contributed by atoms with Crippen molar-refractivity contribution in [3.05, 3.63) is 65.3 Å². The van der Waals surface area contributed by atoms with E-state index in [0.29, 0.717) is 17.7 Å². The van der Waals surface area contributed by atoms with Crippen molar-refractivity contribution in [3.63, 3.8) is 0 Å². The van der Waals surface area contributed by atoms with Crippen molar-refractivity contribution in [2.75, 3.05) is 12.3 Å². The van der Waals surface area contributed by atoms with Gasteiger partial charge in [0.05, 0.1) is 0 Å². The van der Waals surface area contributed by atoms with Crippen molar-refractivity contribution in [1.29, 1.82) is 0 Å². The molecule has 20 heavy (non-hydrogen) atoms. The molecular formula is C17H19NO2. The lowest BCUT2D eigenvalue weighted by molar-refractivity contribution is 0.103. The molecule has 3 nitrogen and oxygen atoms in total. The second kappa shape index (κ2) is 6.35. The molecule has 3 N–H and O–H groups in total. The molecule has 104 valence electrons. The molecule has 0 radical (unpaired) electrons. The number of rotatable bonds is 4. The van der Waals surface area contributed by atoms with Crippen LogP contribution in [0.5, 0.6) is 0 Å². The van der Waals surface area contributed by atoms with Crippen molar-refractivity contribution >= 4 is 11.5 Å². The van der Waals surface area contributed by atoms with Gasteiger partial charge in [0.15, 0.2) is 5.78 Å². The number of allylic oxidation sites excluding steroid dienone is 6. The highest BCUT2D eigenvalue weighted by Gasteiger charge is 2.15. The van der Waals surface area contributed by atoms with Crippen LogP contribution in [0, 0.1) is 0 Å². The Labute approximate surface area is 119 Å². The molecule has 0 heterocycles. The first-order valence-electron chi connectivity index (χ1n) is 6.71. The first-order chi connectivity index (χ1) is 9.63. The van der Waals surface area contributed by atoms with E-state index in [-0.39, 0.29) is 18.3 Å². The zero-order chi connectivity index (χ0) is 14.5. The number of Topliss-reactive ketones (excluding diaryl/α,β-unsaturated/α-hetero) is 1. The van der Waals surface area contributed by atoms with E-state index in [0.717, 1.165) is 11.1 Å². The molecule has 1 aromatic carbocycles. The topological polar surface area (TPSA) is 63.3 Å². The smallest absolute Gasteiger partial charge is 0.189 e. The van der Waals surface area contributed by atoms with E-state index in [9.17, 15) is 9.90 Å². The lowest BCUT2D eigenvalue weighted by atomic mass is 9.93. The predicted molar refractivity (Wildman–Crippen MR) is 81.7 cm³/mol.